The highest BCUT2D eigenvalue weighted by Gasteiger charge is 2.10. The molecule has 1 rings (SSSR count). The first-order valence-electron chi connectivity index (χ1n) is 4.82. The Labute approximate surface area is 106 Å². The van der Waals surface area contributed by atoms with Crippen molar-refractivity contribution in [2.24, 2.45) is 5.73 Å². The Kier molecular flexibility index (Phi) is 4.92. The Bertz CT molecular complexity index is 437. The lowest BCUT2D eigenvalue weighted by Gasteiger charge is -2.08. The SMILES string of the molecule is NCCNC(=O)Nc1ccc(Br)c(C(=O)O)c1. The summed E-state index contributed by atoms with van der Waals surface area (Å²) in [6.07, 6.45) is 0. The molecule has 0 unspecified atom stereocenters. The van der Waals surface area contributed by atoms with Crippen LogP contribution in [0.15, 0.2) is 22.7 Å². The summed E-state index contributed by atoms with van der Waals surface area (Å²) in [5.41, 5.74) is 5.72. The van der Waals surface area contributed by atoms with E-state index in [0.29, 0.717) is 23.2 Å². The largest absolute Gasteiger partial charge is 0.478 e. The number of benzene rings is 1. The molecule has 6 nitrogen and oxygen atoms in total. The first-order chi connectivity index (χ1) is 8.04. The zero-order valence-electron chi connectivity index (χ0n) is 8.87. The topological polar surface area (TPSA) is 104 Å². The summed E-state index contributed by atoms with van der Waals surface area (Å²) in [5.74, 6) is -1.07. The molecule has 0 aliphatic carbocycles. The third-order valence-corrected chi connectivity index (χ3v) is 2.58. The second-order valence-corrected chi connectivity index (χ2v) is 4.02. The number of hydrogen-bond acceptors (Lipinski definition) is 3. The summed E-state index contributed by atoms with van der Waals surface area (Å²) >= 11 is 3.11. The maximum atomic E-state index is 11.3. The van der Waals surface area contributed by atoms with Crippen molar-refractivity contribution in [3.63, 3.8) is 0 Å². The van der Waals surface area contributed by atoms with Gasteiger partial charge in [0.2, 0.25) is 0 Å². The summed E-state index contributed by atoms with van der Waals surface area (Å²) in [6.45, 7) is 0.697. The van der Waals surface area contributed by atoms with Crippen molar-refractivity contribution in [3.8, 4) is 0 Å². The fourth-order valence-electron chi connectivity index (χ4n) is 1.13. The van der Waals surface area contributed by atoms with Gasteiger partial charge in [-0.3, -0.25) is 0 Å². The third-order valence-electron chi connectivity index (χ3n) is 1.88. The number of anilines is 1. The Morgan fingerprint density at radius 3 is 2.71 bits per heavy atom. The van der Waals surface area contributed by atoms with Crippen LogP contribution in [0.3, 0.4) is 0 Å². The molecule has 0 saturated heterocycles. The summed E-state index contributed by atoms with van der Waals surface area (Å²) in [7, 11) is 0. The zero-order chi connectivity index (χ0) is 12.8. The van der Waals surface area contributed by atoms with Gasteiger partial charge in [0, 0.05) is 23.2 Å². The maximum absolute atomic E-state index is 11.3. The number of nitrogens with one attached hydrogen (secondary N) is 2. The van der Waals surface area contributed by atoms with Gasteiger partial charge in [-0.25, -0.2) is 9.59 Å². The van der Waals surface area contributed by atoms with E-state index in [9.17, 15) is 9.59 Å². The van der Waals surface area contributed by atoms with E-state index in [1.54, 1.807) is 12.1 Å². The van der Waals surface area contributed by atoms with Crippen LogP contribution >= 0.6 is 15.9 Å². The molecule has 1 aromatic carbocycles. The number of carboxylic acids is 1. The van der Waals surface area contributed by atoms with Gasteiger partial charge in [-0.1, -0.05) is 0 Å². The Balaban J connectivity index is 2.75. The van der Waals surface area contributed by atoms with Crippen molar-refractivity contribution < 1.29 is 14.7 Å². The average molecular weight is 302 g/mol. The lowest BCUT2D eigenvalue weighted by atomic mass is 10.2. The van der Waals surface area contributed by atoms with Gasteiger partial charge in [0.05, 0.1) is 5.56 Å². The van der Waals surface area contributed by atoms with Crippen LogP contribution in [0.4, 0.5) is 10.5 Å². The van der Waals surface area contributed by atoms with Gasteiger partial charge in [-0.05, 0) is 34.1 Å². The van der Waals surface area contributed by atoms with Gasteiger partial charge < -0.3 is 21.5 Å². The second kappa shape index (κ2) is 6.21. The zero-order valence-corrected chi connectivity index (χ0v) is 10.5. The molecular weight excluding hydrogens is 290 g/mol. The van der Waals surface area contributed by atoms with Crippen LogP contribution in [0.1, 0.15) is 10.4 Å². The number of halogens is 1. The number of carboxylic acid groups (broad SMARTS) is 1. The van der Waals surface area contributed by atoms with E-state index < -0.39 is 12.0 Å². The normalized spacial score (nSPS) is 9.76. The molecule has 0 saturated carbocycles. The lowest BCUT2D eigenvalue weighted by Crippen LogP contribution is -2.32. The highest BCUT2D eigenvalue weighted by atomic mass is 79.9. The molecule has 1 aromatic rings. The minimum Gasteiger partial charge on any atom is -0.478 e. The van der Waals surface area contributed by atoms with E-state index in [1.807, 2.05) is 0 Å². The molecule has 0 atom stereocenters. The maximum Gasteiger partial charge on any atom is 0.336 e. The predicted octanol–water partition coefficient (Wildman–Crippen LogP) is 1.23. The van der Waals surface area contributed by atoms with E-state index in [-0.39, 0.29) is 5.56 Å². The van der Waals surface area contributed by atoms with Crippen molar-refractivity contribution in [2.45, 2.75) is 0 Å². The summed E-state index contributed by atoms with van der Waals surface area (Å²) in [6, 6.07) is 4.10. The van der Waals surface area contributed by atoms with Gasteiger partial charge in [0.15, 0.2) is 0 Å². The molecule has 7 heteroatoms. The van der Waals surface area contributed by atoms with Crippen LogP contribution in [-0.4, -0.2) is 30.2 Å². The van der Waals surface area contributed by atoms with E-state index in [2.05, 4.69) is 26.6 Å². The van der Waals surface area contributed by atoms with Gasteiger partial charge in [-0.2, -0.15) is 0 Å². The molecule has 0 spiro atoms. The molecule has 2 amide bonds. The minimum absolute atomic E-state index is 0.0848. The molecule has 0 bridgehead atoms. The number of nitrogens with two attached hydrogens (primary N) is 1. The smallest absolute Gasteiger partial charge is 0.336 e. The third kappa shape index (κ3) is 4.04. The molecule has 0 fully saturated rings. The molecule has 17 heavy (non-hydrogen) atoms. The van der Waals surface area contributed by atoms with Crippen molar-refractivity contribution in [3.05, 3.63) is 28.2 Å². The molecule has 0 aromatic heterocycles. The standard InChI is InChI=1S/C10H12BrN3O3/c11-8-2-1-6(5-7(8)9(15)16)14-10(17)13-4-3-12/h1-2,5H,3-4,12H2,(H,15,16)(H2,13,14,17). The molecule has 0 heterocycles. The number of hydrogen-bond donors (Lipinski definition) is 4. The van der Waals surface area contributed by atoms with Crippen molar-refractivity contribution in [2.75, 3.05) is 18.4 Å². The van der Waals surface area contributed by atoms with Crippen molar-refractivity contribution >= 4 is 33.6 Å². The summed E-state index contributed by atoms with van der Waals surface area (Å²) in [5, 5.41) is 13.9. The van der Waals surface area contributed by atoms with Crippen LogP contribution in [0.5, 0.6) is 0 Å². The highest BCUT2D eigenvalue weighted by Crippen LogP contribution is 2.21. The van der Waals surface area contributed by atoms with E-state index in [1.165, 1.54) is 6.07 Å². The van der Waals surface area contributed by atoms with Gasteiger partial charge in [0.1, 0.15) is 0 Å². The summed E-state index contributed by atoms with van der Waals surface area (Å²) < 4.78 is 0.456. The first-order valence-corrected chi connectivity index (χ1v) is 5.61. The Hall–Kier alpha value is -1.60. The number of urea groups is 1. The number of carbonyl (C=O) groups excluding carboxylic acids is 1. The molecule has 0 aliphatic rings. The van der Waals surface area contributed by atoms with Crippen LogP contribution in [0.25, 0.3) is 0 Å². The Morgan fingerprint density at radius 2 is 2.12 bits per heavy atom. The van der Waals surface area contributed by atoms with Crippen LogP contribution in [0.2, 0.25) is 0 Å². The fraction of sp³-hybridized carbons (Fsp3) is 0.200. The van der Waals surface area contributed by atoms with E-state index >= 15 is 0 Å². The van der Waals surface area contributed by atoms with E-state index in [4.69, 9.17) is 10.8 Å². The number of rotatable bonds is 4. The van der Waals surface area contributed by atoms with Gasteiger partial charge >= 0.3 is 12.0 Å². The highest BCUT2D eigenvalue weighted by molar-refractivity contribution is 9.10. The van der Waals surface area contributed by atoms with E-state index in [0.717, 1.165) is 0 Å². The second-order valence-electron chi connectivity index (χ2n) is 3.17. The van der Waals surface area contributed by atoms with Gasteiger partial charge in [0.25, 0.3) is 0 Å². The monoisotopic (exact) mass is 301 g/mol. The minimum atomic E-state index is -1.07. The van der Waals surface area contributed by atoms with Crippen LogP contribution in [0, 0.1) is 0 Å². The molecule has 92 valence electrons. The Morgan fingerprint density at radius 1 is 1.41 bits per heavy atom. The predicted molar refractivity (Wildman–Crippen MR) is 67.2 cm³/mol. The fourth-order valence-corrected chi connectivity index (χ4v) is 1.54. The number of aromatic carboxylic acids is 1. The molecule has 5 N–H and O–H groups in total. The molecule has 0 radical (unpaired) electrons. The van der Waals surface area contributed by atoms with Crippen molar-refractivity contribution in [1.29, 1.82) is 0 Å². The molecular formula is C10H12BrN3O3. The molecule has 0 aliphatic heterocycles. The van der Waals surface area contributed by atoms with Crippen LogP contribution < -0.4 is 16.4 Å². The number of carbonyl (C=O) groups is 2. The van der Waals surface area contributed by atoms with Crippen molar-refractivity contribution in [1.82, 2.24) is 5.32 Å². The average Bonchev–Trinajstić information content (AvgIpc) is 2.28. The summed E-state index contributed by atoms with van der Waals surface area (Å²) in [4.78, 5) is 22.2. The lowest BCUT2D eigenvalue weighted by molar-refractivity contribution is 0.0696. The quantitative estimate of drug-likeness (QED) is 0.671. The van der Waals surface area contributed by atoms with Crippen LogP contribution in [-0.2, 0) is 0 Å². The number of amides is 2. The van der Waals surface area contributed by atoms with Gasteiger partial charge in [-0.15, -0.1) is 0 Å². The first kappa shape index (κ1) is 13.5.